The topological polar surface area (TPSA) is 116 Å². The first kappa shape index (κ1) is 11.8. The van der Waals surface area contributed by atoms with Gasteiger partial charge in [0.25, 0.3) is 0 Å². The van der Waals surface area contributed by atoms with Crippen molar-refractivity contribution >= 4 is 28.8 Å². The Morgan fingerprint density at radius 1 is 1.69 bits per heavy atom. The maximum absolute atomic E-state index is 10.5. The second kappa shape index (κ2) is 5.41. The first-order chi connectivity index (χ1) is 5.93. The third-order valence-corrected chi connectivity index (χ3v) is 1.89. The van der Waals surface area contributed by atoms with Crippen LogP contribution in [0.15, 0.2) is 0 Å². The molecular formula is C6H11N3O3S. The van der Waals surface area contributed by atoms with Gasteiger partial charge in [0, 0.05) is 12.7 Å². The maximum Gasteiger partial charge on any atom is 0.327 e. The van der Waals surface area contributed by atoms with Crippen LogP contribution in [0.2, 0.25) is 0 Å². The number of nitrogens with one attached hydrogen (secondary N) is 2. The van der Waals surface area contributed by atoms with E-state index in [0.717, 1.165) is 11.8 Å². The number of hydrogen-bond acceptors (Lipinski definition) is 4. The number of amides is 1. The summed E-state index contributed by atoms with van der Waals surface area (Å²) in [6.45, 7) is 1.23. The van der Waals surface area contributed by atoms with Crippen LogP contribution in [0.4, 0.5) is 0 Å². The number of carbonyl (C=O) groups excluding carboxylic acids is 1. The van der Waals surface area contributed by atoms with Crippen LogP contribution in [0.1, 0.15) is 6.92 Å². The van der Waals surface area contributed by atoms with Crippen molar-refractivity contribution in [2.45, 2.75) is 13.0 Å². The first-order valence-electron chi connectivity index (χ1n) is 3.40. The number of rotatable bonds is 4. The highest BCUT2D eigenvalue weighted by molar-refractivity contribution is 8.13. The molecule has 0 heterocycles. The van der Waals surface area contributed by atoms with E-state index in [9.17, 15) is 9.59 Å². The average molecular weight is 205 g/mol. The minimum Gasteiger partial charge on any atom is -0.480 e. The van der Waals surface area contributed by atoms with E-state index in [2.05, 4.69) is 5.32 Å². The highest BCUT2D eigenvalue weighted by Gasteiger charge is 2.18. The molecule has 6 nitrogen and oxygen atoms in total. The molecule has 0 aliphatic carbocycles. The van der Waals surface area contributed by atoms with E-state index in [-0.39, 0.29) is 10.9 Å². The highest BCUT2D eigenvalue weighted by atomic mass is 32.2. The minimum absolute atomic E-state index is 0.0598. The number of carbonyl (C=O) groups is 2. The van der Waals surface area contributed by atoms with E-state index in [4.69, 9.17) is 16.2 Å². The zero-order valence-corrected chi connectivity index (χ0v) is 7.85. The molecule has 7 heteroatoms. The lowest BCUT2D eigenvalue weighted by Crippen LogP contribution is -2.41. The number of amidine groups is 1. The van der Waals surface area contributed by atoms with Gasteiger partial charge in [0.15, 0.2) is 5.17 Å². The number of nitrogens with two attached hydrogens (primary N) is 1. The van der Waals surface area contributed by atoms with E-state index < -0.39 is 17.9 Å². The number of hydrogen-bond donors (Lipinski definition) is 4. The number of thioether (sulfide) groups is 1. The van der Waals surface area contributed by atoms with Crippen LogP contribution in [0, 0.1) is 5.41 Å². The summed E-state index contributed by atoms with van der Waals surface area (Å²) in [4.78, 5) is 21.0. The zero-order valence-electron chi connectivity index (χ0n) is 7.03. The van der Waals surface area contributed by atoms with Crippen molar-refractivity contribution in [1.29, 1.82) is 5.41 Å². The Morgan fingerprint density at radius 2 is 2.23 bits per heavy atom. The minimum atomic E-state index is -1.14. The van der Waals surface area contributed by atoms with Gasteiger partial charge in [-0.05, 0) is 0 Å². The lowest BCUT2D eigenvalue weighted by Gasteiger charge is -2.11. The van der Waals surface area contributed by atoms with E-state index in [1.165, 1.54) is 6.92 Å². The third-order valence-electron chi connectivity index (χ3n) is 1.08. The molecule has 0 saturated carbocycles. The molecule has 0 unspecified atom stereocenters. The quantitative estimate of drug-likeness (QED) is 0.354. The van der Waals surface area contributed by atoms with Gasteiger partial charge in [0.1, 0.15) is 6.04 Å². The standard InChI is InChI=1S/C6H11N3O3S/c1-3(10)9-4(5(11)12)2-13-6(7)8/h4H,2H2,1H3,(H3,7,8)(H,9,10)(H,11,12)/t4-/m1/s1. The molecule has 1 amide bonds. The lowest BCUT2D eigenvalue weighted by molar-refractivity contribution is -0.140. The molecule has 0 spiro atoms. The van der Waals surface area contributed by atoms with Crippen molar-refractivity contribution in [2.75, 3.05) is 5.75 Å². The van der Waals surface area contributed by atoms with Gasteiger partial charge in [0.05, 0.1) is 0 Å². The van der Waals surface area contributed by atoms with Crippen molar-refractivity contribution in [2.24, 2.45) is 5.73 Å². The number of carboxylic acid groups (broad SMARTS) is 1. The van der Waals surface area contributed by atoms with Gasteiger partial charge < -0.3 is 16.2 Å². The first-order valence-corrected chi connectivity index (χ1v) is 4.38. The monoisotopic (exact) mass is 205 g/mol. The predicted octanol–water partition coefficient (Wildman–Crippen LogP) is -0.798. The van der Waals surface area contributed by atoms with E-state index >= 15 is 0 Å². The normalized spacial score (nSPS) is 11.8. The van der Waals surface area contributed by atoms with Gasteiger partial charge in [-0.1, -0.05) is 11.8 Å². The molecule has 1 atom stereocenters. The number of carboxylic acids is 1. The van der Waals surface area contributed by atoms with Crippen molar-refractivity contribution in [3.63, 3.8) is 0 Å². The van der Waals surface area contributed by atoms with Crippen molar-refractivity contribution < 1.29 is 14.7 Å². The Bertz CT molecular complexity index is 231. The van der Waals surface area contributed by atoms with Crippen LogP contribution in [0.25, 0.3) is 0 Å². The number of aliphatic carboxylic acids is 1. The van der Waals surface area contributed by atoms with Gasteiger partial charge >= 0.3 is 5.97 Å². The molecule has 13 heavy (non-hydrogen) atoms. The largest absolute Gasteiger partial charge is 0.480 e. The molecule has 0 aromatic rings. The summed E-state index contributed by atoms with van der Waals surface area (Å²) in [6.07, 6.45) is 0. The summed E-state index contributed by atoms with van der Waals surface area (Å²) in [5, 5.41) is 17.5. The fourth-order valence-corrected chi connectivity index (χ4v) is 1.17. The van der Waals surface area contributed by atoms with E-state index in [1.54, 1.807) is 0 Å². The van der Waals surface area contributed by atoms with Crippen LogP contribution >= 0.6 is 11.8 Å². The summed E-state index contributed by atoms with van der Waals surface area (Å²) in [5.74, 6) is -1.50. The molecular weight excluding hydrogens is 194 g/mol. The smallest absolute Gasteiger partial charge is 0.327 e. The fraction of sp³-hybridized carbons (Fsp3) is 0.500. The molecule has 0 aromatic heterocycles. The van der Waals surface area contributed by atoms with Crippen LogP contribution in [-0.2, 0) is 9.59 Å². The van der Waals surface area contributed by atoms with Gasteiger partial charge in [-0.2, -0.15) is 0 Å². The Hall–Kier alpha value is -1.24. The molecule has 0 rings (SSSR count). The third kappa shape index (κ3) is 5.97. The lowest BCUT2D eigenvalue weighted by atomic mass is 10.3. The zero-order chi connectivity index (χ0) is 10.4. The molecule has 0 aliphatic heterocycles. The average Bonchev–Trinajstić information content (AvgIpc) is 1.96. The van der Waals surface area contributed by atoms with E-state index in [0.29, 0.717) is 0 Å². The summed E-state index contributed by atoms with van der Waals surface area (Å²) in [7, 11) is 0. The van der Waals surface area contributed by atoms with Gasteiger partial charge in [-0.3, -0.25) is 10.2 Å². The summed E-state index contributed by atoms with van der Waals surface area (Å²) >= 11 is 0.875. The molecule has 0 saturated heterocycles. The fourth-order valence-electron chi connectivity index (χ4n) is 0.593. The molecule has 0 bridgehead atoms. The molecule has 0 aliphatic rings. The van der Waals surface area contributed by atoms with Gasteiger partial charge in [-0.25, -0.2) is 4.79 Å². The van der Waals surface area contributed by atoms with Crippen LogP contribution in [-0.4, -0.2) is 33.9 Å². The molecule has 5 N–H and O–H groups in total. The van der Waals surface area contributed by atoms with Gasteiger partial charge in [0.2, 0.25) is 5.91 Å². The van der Waals surface area contributed by atoms with E-state index in [1.807, 2.05) is 0 Å². The molecule has 74 valence electrons. The Balaban J connectivity index is 4.02. The van der Waals surface area contributed by atoms with Crippen molar-refractivity contribution in [3.8, 4) is 0 Å². The summed E-state index contributed by atoms with van der Waals surface area (Å²) < 4.78 is 0. The highest BCUT2D eigenvalue weighted by Crippen LogP contribution is 2.01. The van der Waals surface area contributed by atoms with Crippen molar-refractivity contribution in [1.82, 2.24) is 5.32 Å². The van der Waals surface area contributed by atoms with Crippen LogP contribution < -0.4 is 11.1 Å². The SMILES string of the molecule is CC(=O)N[C@H](CSC(=N)N)C(=O)O. The second-order valence-corrected chi connectivity index (χ2v) is 3.33. The predicted molar refractivity (Wildman–Crippen MR) is 49.6 cm³/mol. The van der Waals surface area contributed by atoms with Crippen molar-refractivity contribution in [3.05, 3.63) is 0 Å². The second-order valence-electron chi connectivity index (χ2n) is 2.27. The maximum atomic E-state index is 10.5. The van der Waals surface area contributed by atoms with Crippen LogP contribution in [0.3, 0.4) is 0 Å². The molecule has 0 aromatic carbocycles. The molecule has 0 radical (unpaired) electrons. The molecule has 0 fully saturated rings. The Labute approximate surface area is 79.4 Å². The Morgan fingerprint density at radius 3 is 2.54 bits per heavy atom. The van der Waals surface area contributed by atoms with Gasteiger partial charge in [-0.15, -0.1) is 0 Å². The summed E-state index contributed by atoms with van der Waals surface area (Å²) in [6, 6.07) is -0.994. The van der Waals surface area contributed by atoms with Crippen LogP contribution in [0.5, 0.6) is 0 Å². The Kier molecular flexibility index (Phi) is 4.90. The summed E-state index contributed by atoms with van der Waals surface area (Å²) in [5.41, 5.74) is 5.01.